The molecule has 0 radical (unpaired) electrons. The van der Waals surface area contributed by atoms with E-state index in [-0.39, 0.29) is 0 Å². The van der Waals surface area contributed by atoms with E-state index in [1.807, 2.05) is 0 Å². The minimum absolute atomic E-state index is 1.28. The van der Waals surface area contributed by atoms with Crippen molar-refractivity contribution < 1.29 is 0 Å². The molecular formula is C25H18. The maximum Gasteiger partial charge on any atom is -0.00265 e. The van der Waals surface area contributed by atoms with Gasteiger partial charge < -0.3 is 0 Å². The van der Waals surface area contributed by atoms with Crippen molar-refractivity contribution in [3.8, 4) is 11.1 Å². The van der Waals surface area contributed by atoms with Gasteiger partial charge in [0.15, 0.2) is 0 Å². The zero-order valence-electron chi connectivity index (χ0n) is 14.2. The Balaban J connectivity index is 1.95. The summed E-state index contributed by atoms with van der Waals surface area (Å²) in [6, 6.07) is 33.1. The van der Waals surface area contributed by atoms with Gasteiger partial charge in [0, 0.05) is 0 Å². The van der Waals surface area contributed by atoms with Crippen molar-refractivity contribution in [3.05, 3.63) is 96.6 Å². The van der Waals surface area contributed by atoms with Crippen molar-refractivity contribution in [1.29, 1.82) is 0 Å². The van der Waals surface area contributed by atoms with Crippen molar-refractivity contribution >= 4 is 32.3 Å². The number of fused-ring (bicyclic) bond motifs is 3. The highest BCUT2D eigenvalue weighted by molar-refractivity contribution is 6.13. The zero-order chi connectivity index (χ0) is 16.8. The molecule has 25 heavy (non-hydrogen) atoms. The summed E-state index contributed by atoms with van der Waals surface area (Å²) in [6.45, 7) is 2.17. The third-order valence-corrected chi connectivity index (χ3v) is 5.06. The lowest BCUT2D eigenvalue weighted by Crippen LogP contribution is -1.87. The molecule has 0 atom stereocenters. The lowest BCUT2D eigenvalue weighted by Gasteiger charge is -2.13. The van der Waals surface area contributed by atoms with Crippen LogP contribution in [0, 0.1) is 6.92 Å². The van der Waals surface area contributed by atoms with Gasteiger partial charge in [-0.05, 0) is 62.5 Å². The predicted molar refractivity (Wildman–Crippen MR) is 109 cm³/mol. The first-order valence-corrected chi connectivity index (χ1v) is 8.71. The van der Waals surface area contributed by atoms with Crippen LogP contribution in [0.4, 0.5) is 0 Å². The van der Waals surface area contributed by atoms with Gasteiger partial charge in [-0.1, -0.05) is 84.4 Å². The van der Waals surface area contributed by atoms with Crippen LogP contribution in [-0.4, -0.2) is 0 Å². The van der Waals surface area contributed by atoms with Gasteiger partial charge in [-0.2, -0.15) is 0 Å². The van der Waals surface area contributed by atoms with Gasteiger partial charge in [-0.3, -0.25) is 0 Å². The van der Waals surface area contributed by atoms with E-state index in [0.717, 1.165) is 0 Å². The second kappa shape index (κ2) is 5.46. The van der Waals surface area contributed by atoms with Crippen LogP contribution in [0.3, 0.4) is 0 Å². The molecule has 0 N–H and O–H groups in total. The van der Waals surface area contributed by atoms with E-state index >= 15 is 0 Å². The molecule has 0 aliphatic rings. The summed E-state index contributed by atoms with van der Waals surface area (Å²) in [6.07, 6.45) is 0. The third-order valence-electron chi connectivity index (χ3n) is 5.06. The Labute approximate surface area is 147 Å². The van der Waals surface area contributed by atoms with Crippen molar-refractivity contribution in [3.63, 3.8) is 0 Å². The molecule has 5 aromatic rings. The maximum atomic E-state index is 2.32. The largest absolute Gasteiger partial charge is 0.0616 e. The molecule has 0 amide bonds. The highest BCUT2D eigenvalue weighted by atomic mass is 14.1. The van der Waals surface area contributed by atoms with Crippen LogP contribution in [0.25, 0.3) is 43.4 Å². The molecule has 0 aromatic heterocycles. The van der Waals surface area contributed by atoms with Crippen molar-refractivity contribution in [2.24, 2.45) is 0 Å². The van der Waals surface area contributed by atoms with Gasteiger partial charge in [0.2, 0.25) is 0 Å². The molecule has 0 aliphatic heterocycles. The normalized spacial score (nSPS) is 11.4. The number of aryl methyl sites for hydroxylation is 1. The molecule has 0 saturated carbocycles. The average Bonchev–Trinajstić information content (AvgIpc) is 2.66. The predicted octanol–water partition coefficient (Wildman–Crippen LogP) is 7.12. The topological polar surface area (TPSA) is 0 Å². The van der Waals surface area contributed by atoms with Gasteiger partial charge in [0.25, 0.3) is 0 Å². The van der Waals surface area contributed by atoms with Gasteiger partial charge in [0.05, 0.1) is 0 Å². The van der Waals surface area contributed by atoms with E-state index < -0.39 is 0 Å². The first kappa shape index (κ1) is 14.2. The second-order valence-electron chi connectivity index (χ2n) is 6.76. The second-order valence-corrected chi connectivity index (χ2v) is 6.76. The Morgan fingerprint density at radius 3 is 2.04 bits per heavy atom. The fourth-order valence-electron chi connectivity index (χ4n) is 3.83. The Morgan fingerprint density at radius 1 is 0.480 bits per heavy atom. The Bertz CT molecular complexity index is 1250. The monoisotopic (exact) mass is 318 g/mol. The zero-order valence-corrected chi connectivity index (χ0v) is 14.2. The van der Waals surface area contributed by atoms with Crippen LogP contribution in [0.2, 0.25) is 0 Å². The summed E-state index contributed by atoms with van der Waals surface area (Å²) in [5.41, 5.74) is 3.92. The molecule has 118 valence electrons. The van der Waals surface area contributed by atoms with Crippen molar-refractivity contribution in [2.45, 2.75) is 6.92 Å². The first-order valence-electron chi connectivity index (χ1n) is 8.71. The van der Waals surface area contributed by atoms with E-state index in [0.29, 0.717) is 0 Å². The fourth-order valence-corrected chi connectivity index (χ4v) is 3.83. The van der Waals surface area contributed by atoms with E-state index in [1.54, 1.807) is 0 Å². The molecule has 0 bridgehead atoms. The van der Waals surface area contributed by atoms with Crippen molar-refractivity contribution in [1.82, 2.24) is 0 Å². The minimum Gasteiger partial charge on any atom is -0.0616 e. The summed E-state index contributed by atoms with van der Waals surface area (Å²) < 4.78 is 0. The third kappa shape index (κ3) is 2.30. The van der Waals surface area contributed by atoms with Crippen LogP contribution in [0.1, 0.15) is 5.56 Å². The van der Waals surface area contributed by atoms with E-state index in [2.05, 4.69) is 97.9 Å². The summed E-state index contributed by atoms with van der Waals surface area (Å²) >= 11 is 0. The lowest BCUT2D eigenvalue weighted by atomic mass is 9.90. The molecule has 0 fully saturated rings. The molecule has 0 spiro atoms. The number of hydrogen-bond acceptors (Lipinski definition) is 0. The van der Waals surface area contributed by atoms with E-state index in [9.17, 15) is 0 Å². The quantitative estimate of drug-likeness (QED) is 0.289. The smallest absolute Gasteiger partial charge is 0.00265 e. The Kier molecular flexibility index (Phi) is 3.11. The molecule has 0 heterocycles. The molecule has 0 heteroatoms. The summed E-state index contributed by atoms with van der Waals surface area (Å²) in [4.78, 5) is 0. The number of benzene rings is 5. The number of rotatable bonds is 1. The standard InChI is InChI=1S/C25H18/c1-17-10-11-21-16-20-8-4-5-9-23(20)25(24(21)14-17)22-13-12-18-6-2-3-7-19(18)15-22/h2-16H,1H3. The number of hydrogen-bond donors (Lipinski definition) is 0. The summed E-state index contributed by atoms with van der Waals surface area (Å²) in [7, 11) is 0. The molecular weight excluding hydrogens is 300 g/mol. The molecule has 5 aromatic carbocycles. The lowest BCUT2D eigenvalue weighted by molar-refractivity contribution is 1.51. The van der Waals surface area contributed by atoms with Crippen molar-refractivity contribution in [2.75, 3.05) is 0 Å². The summed E-state index contributed by atoms with van der Waals surface area (Å²) in [5, 5.41) is 7.81. The van der Waals surface area contributed by atoms with Gasteiger partial charge in [0.1, 0.15) is 0 Å². The highest BCUT2D eigenvalue weighted by Crippen LogP contribution is 2.37. The van der Waals surface area contributed by atoms with Crippen LogP contribution in [0.5, 0.6) is 0 Å². The Hall–Kier alpha value is -3.12. The summed E-state index contributed by atoms with van der Waals surface area (Å²) in [5.74, 6) is 0. The SMILES string of the molecule is Cc1ccc2cc3ccccc3c(-c3ccc4ccccc4c3)c2c1. The van der Waals surface area contributed by atoms with Crippen LogP contribution < -0.4 is 0 Å². The van der Waals surface area contributed by atoms with Gasteiger partial charge >= 0.3 is 0 Å². The van der Waals surface area contributed by atoms with Gasteiger partial charge in [-0.25, -0.2) is 0 Å². The molecule has 0 saturated heterocycles. The van der Waals surface area contributed by atoms with E-state index in [4.69, 9.17) is 0 Å². The fraction of sp³-hybridized carbons (Fsp3) is 0.0400. The van der Waals surface area contributed by atoms with Crippen LogP contribution in [-0.2, 0) is 0 Å². The first-order chi connectivity index (χ1) is 12.3. The van der Waals surface area contributed by atoms with Gasteiger partial charge in [-0.15, -0.1) is 0 Å². The Morgan fingerprint density at radius 2 is 1.16 bits per heavy atom. The average molecular weight is 318 g/mol. The molecule has 0 nitrogen and oxygen atoms in total. The molecule has 0 unspecified atom stereocenters. The minimum atomic E-state index is 1.28. The van der Waals surface area contributed by atoms with E-state index in [1.165, 1.54) is 49.0 Å². The maximum absolute atomic E-state index is 2.32. The van der Waals surface area contributed by atoms with Crippen LogP contribution in [0.15, 0.2) is 91.0 Å². The molecule has 5 rings (SSSR count). The molecule has 0 aliphatic carbocycles. The highest BCUT2D eigenvalue weighted by Gasteiger charge is 2.10. The van der Waals surface area contributed by atoms with Crippen LogP contribution >= 0.6 is 0 Å².